The van der Waals surface area contributed by atoms with Crippen molar-refractivity contribution in [2.45, 2.75) is 85.5 Å². The lowest BCUT2D eigenvalue weighted by Crippen LogP contribution is -2.30. The summed E-state index contributed by atoms with van der Waals surface area (Å²) in [5.74, 6) is 0. The third-order valence-corrected chi connectivity index (χ3v) is 14.2. The van der Waals surface area contributed by atoms with E-state index in [9.17, 15) is 0 Å². The molecule has 0 aliphatic rings. The Labute approximate surface area is 221 Å². The summed E-state index contributed by atoms with van der Waals surface area (Å²) in [5.41, 5.74) is 4.46. The summed E-state index contributed by atoms with van der Waals surface area (Å²) in [5, 5.41) is 5.36. The van der Waals surface area contributed by atoms with Gasteiger partial charge in [0.1, 0.15) is 0 Å². The highest BCUT2D eigenvalue weighted by Gasteiger charge is 2.31. The molecular formula is C32H42P2S. The first-order valence-corrected chi connectivity index (χ1v) is 16.2. The van der Waals surface area contributed by atoms with E-state index in [-0.39, 0.29) is 16.2 Å². The van der Waals surface area contributed by atoms with Gasteiger partial charge in [0.25, 0.3) is 0 Å². The Hall–Kier alpha value is -1.52. The van der Waals surface area contributed by atoms with Gasteiger partial charge in [-0.05, 0) is 55.5 Å². The first kappa shape index (κ1) is 28.1. The van der Waals surface area contributed by atoms with Gasteiger partial charge in [-0.25, -0.2) is 0 Å². The van der Waals surface area contributed by atoms with E-state index in [1.54, 1.807) is 0 Å². The third kappa shape index (κ3) is 6.07. The maximum atomic E-state index is 6.68. The molecule has 3 rings (SSSR count). The number of rotatable bonds is 4. The van der Waals surface area contributed by atoms with Crippen molar-refractivity contribution >= 4 is 47.0 Å². The summed E-state index contributed by atoms with van der Waals surface area (Å²) in [6.07, 6.45) is 0. The van der Waals surface area contributed by atoms with E-state index in [1.807, 2.05) is 0 Å². The Bertz CT molecular complexity index is 1170. The minimum atomic E-state index is -2.13. The lowest BCUT2D eigenvalue weighted by atomic mass is 9.75. The second kappa shape index (κ2) is 10.1. The lowest BCUT2D eigenvalue weighted by molar-refractivity contribution is 0.554. The van der Waals surface area contributed by atoms with Gasteiger partial charge in [-0.2, -0.15) is 0 Å². The van der Waals surface area contributed by atoms with Crippen molar-refractivity contribution in [3.8, 4) is 0 Å². The van der Waals surface area contributed by atoms with Gasteiger partial charge >= 0.3 is 0 Å². The van der Waals surface area contributed by atoms with Crippen LogP contribution in [0.2, 0.25) is 0 Å². The van der Waals surface area contributed by atoms with Crippen LogP contribution < -0.4 is 15.9 Å². The van der Waals surface area contributed by atoms with Crippen molar-refractivity contribution in [2.24, 2.45) is 0 Å². The Morgan fingerprint density at radius 1 is 0.629 bits per heavy atom. The molecule has 3 aromatic rings. The van der Waals surface area contributed by atoms with Gasteiger partial charge in [0.15, 0.2) is 0 Å². The van der Waals surface area contributed by atoms with Crippen molar-refractivity contribution in [1.29, 1.82) is 0 Å². The van der Waals surface area contributed by atoms with Crippen LogP contribution in [0.25, 0.3) is 0 Å². The van der Waals surface area contributed by atoms with Gasteiger partial charge in [-0.15, -0.1) is 0 Å². The molecule has 0 bridgehead atoms. The molecule has 0 N–H and O–H groups in total. The summed E-state index contributed by atoms with van der Waals surface area (Å²) < 4.78 is 0. The van der Waals surface area contributed by atoms with E-state index in [0.29, 0.717) is 0 Å². The Kier molecular flexibility index (Phi) is 8.09. The highest BCUT2D eigenvalue weighted by molar-refractivity contribution is 8.32. The fourth-order valence-corrected chi connectivity index (χ4v) is 10.6. The Balaban J connectivity index is 2.41. The molecule has 0 amide bonds. The molecule has 35 heavy (non-hydrogen) atoms. The smallest absolute Gasteiger partial charge is 0.0381 e. The Morgan fingerprint density at radius 2 is 1.00 bits per heavy atom. The molecule has 0 fully saturated rings. The minimum Gasteiger partial charge on any atom is -0.0826 e. The average Bonchev–Trinajstić information content (AvgIpc) is 2.77. The average molecular weight is 521 g/mol. The molecule has 0 unspecified atom stereocenters. The highest BCUT2D eigenvalue weighted by Crippen LogP contribution is 2.48. The highest BCUT2D eigenvalue weighted by atomic mass is 32.4. The molecule has 0 aromatic heterocycles. The van der Waals surface area contributed by atoms with E-state index in [4.69, 9.17) is 11.8 Å². The fourth-order valence-electron chi connectivity index (χ4n) is 4.36. The summed E-state index contributed by atoms with van der Waals surface area (Å²) in [7, 11) is 1.25. The molecule has 3 aromatic carbocycles. The third-order valence-electron chi connectivity index (χ3n) is 6.56. The van der Waals surface area contributed by atoms with Crippen LogP contribution >= 0.6 is 14.2 Å². The number of benzene rings is 3. The van der Waals surface area contributed by atoms with E-state index < -0.39 is 6.04 Å². The summed E-state index contributed by atoms with van der Waals surface area (Å²) in [4.78, 5) is 0. The molecule has 0 atom stereocenters. The maximum Gasteiger partial charge on any atom is 0.0381 e. The van der Waals surface area contributed by atoms with E-state index >= 15 is 0 Å². The molecule has 3 heteroatoms. The van der Waals surface area contributed by atoms with E-state index in [0.717, 1.165) is 0 Å². The Morgan fingerprint density at radius 3 is 1.31 bits per heavy atom. The molecular weight excluding hydrogens is 478 g/mol. The molecule has 186 valence electrons. The molecule has 0 radical (unpaired) electrons. The zero-order valence-corrected chi connectivity index (χ0v) is 25.8. The maximum absolute atomic E-state index is 6.68. The summed E-state index contributed by atoms with van der Waals surface area (Å²) in [6, 6.07) is 24.4. The largest absolute Gasteiger partial charge is 0.0826 e. The second-order valence-corrected chi connectivity index (χ2v) is 18.9. The van der Waals surface area contributed by atoms with Gasteiger partial charge in [-0.3, -0.25) is 0 Å². The molecule has 0 spiro atoms. The summed E-state index contributed by atoms with van der Waals surface area (Å²) in [6.45, 7) is 23.3. The van der Waals surface area contributed by atoms with Crippen molar-refractivity contribution in [3.63, 3.8) is 0 Å². The van der Waals surface area contributed by atoms with E-state index in [1.165, 1.54) is 45.8 Å². The van der Waals surface area contributed by atoms with Gasteiger partial charge < -0.3 is 0 Å². The molecule has 0 nitrogen and oxygen atoms in total. The zero-order chi connectivity index (χ0) is 26.2. The van der Waals surface area contributed by atoms with Crippen LogP contribution in [0.15, 0.2) is 72.8 Å². The predicted octanol–water partition coefficient (Wildman–Crippen LogP) is 8.43. The van der Waals surface area contributed by atoms with Crippen LogP contribution in [0, 0.1) is 0 Å². The SMILES string of the molecule is CC(=Pc1c(C(C)(C)C)cc(C(C)(C)C)cc1C(C)(C)C)P(=S)(c1ccccc1)c1ccccc1. The normalized spacial score (nSPS) is 13.7. The predicted molar refractivity (Wildman–Crippen MR) is 166 cm³/mol. The monoisotopic (exact) mass is 520 g/mol. The quantitative estimate of drug-likeness (QED) is 0.311. The van der Waals surface area contributed by atoms with Gasteiger partial charge in [0.2, 0.25) is 0 Å². The second-order valence-electron chi connectivity index (χ2n) is 12.6. The minimum absolute atomic E-state index is 0.0337. The first-order valence-electron chi connectivity index (χ1n) is 12.5. The molecule has 0 aliphatic carbocycles. The van der Waals surface area contributed by atoms with Crippen LogP contribution in [-0.2, 0) is 28.1 Å². The zero-order valence-electron chi connectivity index (χ0n) is 23.2. The topological polar surface area (TPSA) is 0 Å². The number of hydrogen-bond donors (Lipinski definition) is 0. The van der Waals surface area contributed by atoms with Gasteiger partial charge in [0.05, 0.1) is 0 Å². The first-order chi connectivity index (χ1) is 16.1. The van der Waals surface area contributed by atoms with E-state index in [2.05, 4.69) is 142 Å². The summed E-state index contributed by atoms with van der Waals surface area (Å²) >= 11 is 6.68. The van der Waals surface area contributed by atoms with Crippen molar-refractivity contribution in [1.82, 2.24) is 0 Å². The molecule has 0 heterocycles. The van der Waals surface area contributed by atoms with Crippen LogP contribution in [0.5, 0.6) is 0 Å². The fraction of sp³-hybridized carbons (Fsp3) is 0.406. The molecule has 0 saturated carbocycles. The van der Waals surface area contributed by atoms with Crippen LogP contribution in [-0.4, -0.2) is 5.03 Å². The standard InChI is InChI=1S/C32H42P2S/c1-23(34(35,25-17-13-11-14-18-25)26-19-15-12-16-20-26)33-29-27(31(5,6)7)21-24(30(2,3)4)22-28(29)32(8,9)10/h11-22H,1-10H3. The number of hydrogen-bond acceptors (Lipinski definition) is 1. The molecule has 0 saturated heterocycles. The van der Waals surface area contributed by atoms with Crippen molar-refractivity contribution < 1.29 is 0 Å². The van der Waals surface area contributed by atoms with Crippen molar-refractivity contribution in [2.75, 3.05) is 0 Å². The molecule has 0 aliphatic heterocycles. The lowest BCUT2D eigenvalue weighted by Gasteiger charge is -2.33. The van der Waals surface area contributed by atoms with Crippen molar-refractivity contribution in [3.05, 3.63) is 89.5 Å². The van der Waals surface area contributed by atoms with Crippen LogP contribution in [0.4, 0.5) is 0 Å². The van der Waals surface area contributed by atoms with Crippen LogP contribution in [0.1, 0.15) is 85.9 Å². The van der Waals surface area contributed by atoms with Crippen LogP contribution in [0.3, 0.4) is 0 Å². The van der Waals surface area contributed by atoms with Gasteiger partial charge in [0, 0.05) is 11.3 Å². The van der Waals surface area contributed by atoms with Gasteiger partial charge in [-0.1, -0.05) is 155 Å².